The minimum atomic E-state index is -3.75. The number of methoxy groups -OCH3 is 1. The van der Waals surface area contributed by atoms with Crippen LogP contribution >= 0.6 is 0 Å². The molecule has 0 spiro atoms. The van der Waals surface area contributed by atoms with E-state index in [0.717, 1.165) is 21.0 Å². The fourth-order valence-electron chi connectivity index (χ4n) is 2.52. The molecule has 2 aromatic carbocycles. The normalized spacial score (nSPS) is 12.1. The fraction of sp³-hybridized carbons (Fsp3) is 0.300. The van der Waals surface area contributed by atoms with Gasteiger partial charge in [0.1, 0.15) is 5.75 Å². The Kier molecular flexibility index (Phi) is 6.93. The first-order chi connectivity index (χ1) is 13.1. The van der Waals surface area contributed by atoms with Crippen molar-refractivity contribution in [2.24, 2.45) is 5.10 Å². The van der Waals surface area contributed by atoms with Crippen molar-refractivity contribution in [2.45, 2.75) is 25.7 Å². The van der Waals surface area contributed by atoms with Crippen molar-refractivity contribution in [3.05, 3.63) is 59.2 Å². The van der Waals surface area contributed by atoms with Gasteiger partial charge in [-0.3, -0.25) is 4.79 Å². The van der Waals surface area contributed by atoms with Gasteiger partial charge in [-0.1, -0.05) is 29.3 Å². The van der Waals surface area contributed by atoms with Gasteiger partial charge in [0.15, 0.2) is 0 Å². The summed E-state index contributed by atoms with van der Waals surface area (Å²) in [5, 5.41) is 4.08. The number of benzene rings is 2. The molecule has 0 saturated carbocycles. The molecule has 0 bridgehead atoms. The van der Waals surface area contributed by atoms with E-state index in [9.17, 15) is 13.2 Å². The van der Waals surface area contributed by atoms with Crippen molar-refractivity contribution in [2.75, 3.05) is 20.7 Å². The van der Waals surface area contributed by atoms with Crippen LogP contribution in [0, 0.1) is 13.8 Å². The van der Waals surface area contributed by atoms with Crippen molar-refractivity contribution in [1.29, 1.82) is 0 Å². The van der Waals surface area contributed by atoms with E-state index in [2.05, 4.69) is 10.5 Å². The fourth-order valence-corrected chi connectivity index (χ4v) is 3.65. The summed E-state index contributed by atoms with van der Waals surface area (Å²) in [5.41, 5.74) is 5.69. The lowest BCUT2D eigenvalue weighted by molar-refractivity contribution is -0.121. The molecule has 150 valence electrons. The molecule has 0 fully saturated rings. The molecule has 7 nitrogen and oxygen atoms in total. The first kappa shape index (κ1) is 21.6. The maximum absolute atomic E-state index is 12.6. The number of likely N-dealkylation sites (N-methyl/N-ethyl adjacent to an activating group) is 1. The second kappa shape index (κ2) is 8.99. The quantitative estimate of drug-likeness (QED) is 0.568. The standard InChI is InChI=1S/C20H25N3O4S/c1-14-6-9-17(10-7-14)28(25,26)23(4)13-20(24)22-21-16(3)18-12-15(2)8-11-19(18)27-5/h6-12H,13H2,1-5H3,(H,22,24)/b21-16-. The highest BCUT2D eigenvalue weighted by Gasteiger charge is 2.22. The summed E-state index contributed by atoms with van der Waals surface area (Å²) in [5.74, 6) is 0.101. The van der Waals surface area contributed by atoms with Crippen LogP contribution in [0.15, 0.2) is 52.5 Å². The Morgan fingerprint density at radius 3 is 2.32 bits per heavy atom. The van der Waals surface area contributed by atoms with E-state index in [1.54, 1.807) is 26.2 Å². The number of hydrazone groups is 1. The molecular weight excluding hydrogens is 378 g/mol. The first-order valence-electron chi connectivity index (χ1n) is 8.66. The third kappa shape index (κ3) is 5.17. The third-order valence-corrected chi connectivity index (χ3v) is 6.01. The average molecular weight is 404 g/mol. The molecule has 28 heavy (non-hydrogen) atoms. The zero-order valence-corrected chi connectivity index (χ0v) is 17.5. The van der Waals surface area contributed by atoms with Crippen LogP contribution in [0.2, 0.25) is 0 Å². The Bertz CT molecular complexity index is 983. The molecule has 0 aliphatic rings. The highest BCUT2D eigenvalue weighted by molar-refractivity contribution is 7.89. The Morgan fingerprint density at radius 1 is 1.11 bits per heavy atom. The zero-order valence-electron chi connectivity index (χ0n) is 16.7. The lowest BCUT2D eigenvalue weighted by atomic mass is 10.1. The summed E-state index contributed by atoms with van der Waals surface area (Å²) in [6.07, 6.45) is 0. The van der Waals surface area contributed by atoms with Gasteiger partial charge >= 0.3 is 0 Å². The summed E-state index contributed by atoms with van der Waals surface area (Å²) in [6.45, 7) is 5.21. The van der Waals surface area contributed by atoms with Crippen LogP contribution < -0.4 is 10.2 Å². The first-order valence-corrected chi connectivity index (χ1v) is 10.1. The highest BCUT2D eigenvalue weighted by atomic mass is 32.2. The number of aryl methyl sites for hydroxylation is 2. The van der Waals surface area contributed by atoms with Crippen LogP contribution in [-0.2, 0) is 14.8 Å². The van der Waals surface area contributed by atoms with Crippen molar-refractivity contribution in [3.63, 3.8) is 0 Å². The predicted molar refractivity (Wildman–Crippen MR) is 109 cm³/mol. The number of nitrogens with zero attached hydrogens (tertiary/aromatic N) is 2. The highest BCUT2D eigenvalue weighted by Crippen LogP contribution is 2.20. The van der Waals surface area contributed by atoms with Crippen LogP contribution in [0.3, 0.4) is 0 Å². The zero-order chi connectivity index (χ0) is 20.9. The Balaban J connectivity index is 2.08. The number of nitrogens with one attached hydrogen (secondary N) is 1. The smallest absolute Gasteiger partial charge is 0.255 e. The lowest BCUT2D eigenvalue weighted by Crippen LogP contribution is -2.36. The molecule has 2 aromatic rings. The topological polar surface area (TPSA) is 88.1 Å². The molecule has 8 heteroatoms. The summed E-state index contributed by atoms with van der Waals surface area (Å²) in [7, 11) is -0.837. The molecule has 0 heterocycles. The second-order valence-electron chi connectivity index (χ2n) is 6.51. The maximum Gasteiger partial charge on any atom is 0.255 e. The molecule has 0 unspecified atom stereocenters. The molecule has 0 aromatic heterocycles. The van der Waals surface area contributed by atoms with Gasteiger partial charge in [0.25, 0.3) is 5.91 Å². The number of hydrogen-bond donors (Lipinski definition) is 1. The number of carbonyl (C=O) groups is 1. The van der Waals surface area contributed by atoms with E-state index in [-0.39, 0.29) is 11.4 Å². The number of sulfonamides is 1. The lowest BCUT2D eigenvalue weighted by Gasteiger charge is -2.16. The van der Waals surface area contributed by atoms with Crippen molar-refractivity contribution in [3.8, 4) is 5.75 Å². The average Bonchev–Trinajstić information content (AvgIpc) is 2.66. The van der Waals surface area contributed by atoms with Gasteiger partial charge in [0.2, 0.25) is 10.0 Å². The van der Waals surface area contributed by atoms with E-state index in [4.69, 9.17) is 4.74 Å². The maximum atomic E-state index is 12.6. The van der Waals surface area contributed by atoms with Gasteiger partial charge in [0.05, 0.1) is 24.3 Å². The molecular formula is C20H25N3O4S. The van der Waals surface area contributed by atoms with E-state index < -0.39 is 15.9 Å². The van der Waals surface area contributed by atoms with Crippen molar-refractivity contribution >= 4 is 21.6 Å². The molecule has 0 aliphatic heterocycles. The second-order valence-corrected chi connectivity index (χ2v) is 8.55. The van der Waals surface area contributed by atoms with Gasteiger partial charge in [-0.2, -0.15) is 9.41 Å². The van der Waals surface area contributed by atoms with Gasteiger partial charge in [-0.25, -0.2) is 13.8 Å². The Morgan fingerprint density at radius 2 is 1.71 bits per heavy atom. The number of carbonyl (C=O) groups excluding carboxylic acids is 1. The van der Waals surface area contributed by atoms with Gasteiger partial charge in [-0.15, -0.1) is 0 Å². The summed E-state index contributed by atoms with van der Waals surface area (Å²) in [4.78, 5) is 12.3. The Labute approximate surface area is 166 Å². The van der Waals surface area contributed by atoms with Crippen molar-refractivity contribution < 1.29 is 17.9 Å². The van der Waals surface area contributed by atoms with E-state index in [0.29, 0.717) is 11.5 Å². The minimum Gasteiger partial charge on any atom is -0.496 e. The molecule has 2 rings (SSSR count). The molecule has 1 N–H and O–H groups in total. The van der Waals surface area contributed by atoms with Crippen LogP contribution in [0.25, 0.3) is 0 Å². The summed E-state index contributed by atoms with van der Waals surface area (Å²) < 4.78 is 31.4. The summed E-state index contributed by atoms with van der Waals surface area (Å²) >= 11 is 0. The van der Waals surface area contributed by atoms with Crippen LogP contribution in [0.1, 0.15) is 23.6 Å². The molecule has 0 atom stereocenters. The monoisotopic (exact) mass is 403 g/mol. The number of hydrogen-bond acceptors (Lipinski definition) is 5. The molecule has 0 radical (unpaired) electrons. The number of ether oxygens (including phenoxy) is 1. The Hall–Kier alpha value is -2.71. The minimum absolute atomic E-state index is 0.137. The summed E-state index contributed by atoms with van der Waals surface area (Å²) in [6, 6.07) is 12.1. The largest absolute Gasteiger partial charge is 0.496 e. The van der Waals surface area contributed by atoms with Crippen molar-refractivity contribution in [1.82, 2.24) is 9.73 Å². The van der Waals surface area contributed by atoms with Crippen LogP contribution in [0.4, 0.5) is 0 Å². The number of rotatable bonds is 7. The van der Waals surface area contributed by atoms with Crippen LogP contribution in [-0.4, -0.2) is 45.0 Å². The molecule has 0 aliphatic carbocycles. The molecule has 0 saturated heterocycles. The van der Waals surface area contributed by atoms with Crippen LogP contribution in [0.5, 0.6) is 5.75 Å². The third-order valence-electron chi connectivity index (χ3n) is 4.19. The van der Waals surface area contributed by atoms with E-state index in [1.165, 1.54) is 19.2 Å². The number of amides is 1. The van der Waals surface area contributed by atoms with E-state index >= 15 is 0 Å². The van der Waals surface area contributed by atoms with Gasteiger partial charge < -0.3 is 4.74 Å². The molecule has 1 amide bonds. The van der Waals surface area contributed by atoms with E-state index in [1.807, 2.05) is 32.0 Å². The SMILES string of the molecule is COc1ccc(C)cc1/C(C)=N\NC(=O)CN(C)S(=O)(=O)c1ccc(C)cc1. The van der Waals surface area contributed by atoms with Gasteiger partial charge in [-0.05, 0) is 45.0 Å². The van der Waals surface area contributed by atoms with Gasteiger partial charge in [0, 0.05) is 12.6 Å². The predicted octanol–water partition coefficient (Wildman–Crippen LogP) is 2.47.